The van der Waals surface area contributed by atoms with Gasteiger partial charge in [0.2, 0.25) is 0 Å². The van der Waals surface area contributed by atoms with E-state index in [1.807, 2.05) is 0 Å². The second kappa shape index (κ2) is 6.22. The van der Waals surface area contributed by atoms with Crippen molar-refractivity contribution in [1.82, 2.24) is 4.90 Å². The maximum atomic E-state index is 12.9. The molecule has 1 aliphatic rings. The Labute approximate surface area is 117 Å². The number of benzene rings is 1. The first-order chi connectivity index (χ1) is 9.52. The summed E-state index contributed by atoms with van der Waals surface area (Å²) in [4.78, 5) is 13.9. The number of phenolic OH excluding ortho intramolecular Hbond substituents is 1. The molecule has 0 spiro atoms. The Kier molecular flexibility index (Phi) is 4.60. The van der Waals surface area contributed by atoms with Crippen molar-refractivity contribution in [3.05, 3.63) is 29.6 Å². The lowest BCUT2D eigenvalue weighted by Crippen LogP contribution is -2.39. The summed E-state index contributed by atoms with van der Waals surface area (Å²) in [6.45, 7) is 0.198. The largest absolute Gasteiger partial charge is 0.507 e. The first-order valence-corrected chi connectivity index (χ1v) is 6.89. The van der Waals surface area contributed by atoms with E-state index >= 15 is 0 Å². The van der Waals surface area contributed by atoms with E-state index in [4.69, 9.17) is 5.11 Å². The summed E-state index contributed by atoms with van der Waals surface area (Å²) in [5.41, 5.74) is 0.123. The lowest BCUT2D eigenvalue weighted by atomic mass is 9.86. The monoisotopic (exact) mass is 281 g/mol. The lowest BCUT2D eigenvalue weighted by Gasteiger charge is -2.34. The summed E-state index contributed by atoms with van der Waals surface area (Å²) >= 11 is 0. The van der Waals surface area contributed by atoms with E-state index in [-0.39, 0.29) is 29.9 Å². The van der Waals surface area contributed by atoms with Crippen LogP contribution in [0.4, 0.5) is 4.39 Å². The predicted octanol–water partition coefficient (Wildman–Crippen LogP) is 2.15. The molecule has 0 bridgehead atoms. The predicted molar refractivity (Wildman–Crippen MR) is 73.0 cm³/mol. The third-order valence-electron chi connectivity index (χ3n) is 4.13. The first-order valence-electron chi connectivity index (χ1n) is 6.89. The van der Waals surface area contributed by atoms with Crippen LogP contribution in [0.1, 0.15) is 36.0 Å². The number of nitrogens with zero attached hydrogens (tertiary/aromatic N) is 1. The number of rotatable bonds is 3. The minimum Gasteiger partial charge on any atom is -0.507 e. The van der Waals surface area contributed by atoms with Crippen LogP contribution in [0.15, 0.2) is 18.2 Å². The SMILES string of the molecule is CN(C(=O)c1ccc(F)cc1O)C1CCC(CO)CC1. The molecule has 0 atom stereocenters. The van der Waals surface area contributed by atoms with Gasteiger partial charge < -0.3 is 15.1 Å². The smallest absolute Gasteiger partial charge is 0.257 e. The van der Waals surface area contributed by atoms with Gasteiger partial charge in [-0.2, -0.15) is 0 Å². The van der Waals surface area contributed by atoms with Crippen molar-refractivity contribution in [1.29, 1.82) is 0 Å². The van der Waals surface area contributed by atoms with Crippen molar-refractivity contribution < 1.29 is 19.4 Å². The summed E-state index contributed by atoms with van der Waals surface area (Å²) in [5.74, 6) is -0.861. The maximum absolute atomic E-state index is 12.9. The van der Waals surface area contributed by atoms with Crippen LogP contribution in [-0.4, -0.2) is 40.7 Å². The summed E-state index contributed by atoms with van der Waals surface area (Å²) in [5, 5.41) is 18.8. The highest BCUT2D eigenvalue weighted by molar-refractivity contribution is 5.96. The van der Waals surface area contributed by atoms with Gasteiger partial charge in [0.15, 0.2) is 0 Å². The van der Waals surface area contributed by atoms with Crippen molar-refractivity contribution in [2.24, 2.45) is 5.92 Å². The fraction of sp³-hybridized carbons (Fsp3) is 0.533. The highest BCUT2D eigenvalue weighted by Crippen LogP contribution is 2.28. The van der Waals surface area contributed by atoms with Crippen LogP contribution in [-0.2, 0) is 0 Å². The number of amides is 1. The molecule has 4 nitrogen and oxygen atoms in total. The van der Waals surface area contributed by atoms with Gasteiger partial charge in [-0.05, 0) is 43.7 Å². The molecule has 0 radical (unpaired) electrons. The Morgan fingerprint density at radius 1 is 1.35 bits per heavy atom. The van der Waals surface area contributed by atoms with Crippen molar-refractivity contribution in [3.63, 3.8) is 0 Å². The van der Waals surface area contributed by atoms with Crippen molar-refractivity contribution in [2.75, 3.05) is 13.7 Å². The standard InChI is InChI=1S/C15H20FNO3/c1-17(12-5-2-10(9-18)3-6-12)15(20)13-7-4-11(16)8-14(13)19/h4,7-8,10,12,18-19H,2-3,5-6,9H2,1H3. The van der Waals surface area contributed by atoms with Gasteiger partial charge in [-0.3, -0.25) is 4.79 Å². The molecule has 0 aliphatic heterocycles. The van der Waals surface area contributed by atoms with E-state index < -0.39 is 5.82 Å². The zero-order valence-electron chi connectivity index (χ0n) is 11.6. The van der Waals surface area contributed by atoms with Gasteiger partial charge in [0.05, 0.1) is 5.56 Å². The molecule has 2 N–H and O–H groups in total. The molecule has 0 saturated heterocycles. The van der Waals surface area contributed by atoms with Crippen LogP contribution in [0.5, 0.6) is 5.75 Å². The number of halogens is 1. The van der Waals surface area contributed by atoms with E-state index in [0.29, 0.717) is 5.92 Å². The van der Waals surface area contributed by atoms with Gasteiger partial charge in [-0.1, -0.05) is 0 Å². The second-order valence-corrected chi connectivity index (χ2v) is 5.43. The molecule has 5 heteroatoms. The Balaban J connectivity index is 2.05. The minimum absolute atomic E-state index is 0.106. The van der Waals surface area contributed by atoms with Gasteiger partial charge >= 0.3 is 0 Å². The van der Waals surface area contributed by atoms with Crippen molar-refractivity contribution in [3.8, 4) is 5.75 Å². The summed E-state index contributed by atoms with van der Waals surface area (Å²) in [6, 6.07) is 3.53. The number of aromatic hydroxyl groups is 1. The number of carbonyl (C=O) groups is 1. The number of hydrogen-bond donors (Lipinski definition) is 2. The zero-order valence-corrected chi connectivity index (χ0v) is 11.6. The second-order valence-electron chi connectivity index (χ2n) is 5.43. The van der Waals surface area contributed by atoms with Crippen molar-refractivity contribution in [2.45, 2.75) is 31.7 Å². The number of aliphatic hydroxyl groups is 1. The minimum atomic E-state index is -0.565. The molecule has 1 saturated carbocycles. The molecular formula is C15H20FNO3. The average molecular weight is 281 g/mol. The Morgan fingerprint density at radius 3 is 2.55 bits per heavy atom. The Morgan fingerprint density at radius 2 is 2.00 bits per heavy atom. The highest BCUT2D eigenvalue weighted by Gasteiger charge is 2.27. The lowest BCUT2D eigenvalue weighted by molar-refractivity contribution is 0.0650. The van der Waals surface area contributed by atoms with E-state index in [2.05, 4.69) is 0 Å². The third-order valence-corrected chi connectivity index (χ3v) is 4.13. The van der Waals surface area contributed by atoms with Crippen LogP contribution in [0.3, 0.4) is 0 Å². The summed E-state index contributed by atoms with van der Waals surface area (Å²) < 4.78 is 12.9. The molecule has 0 unspecified atom stereocenters. The Bertz CT molecular complexity index is 484. The van der Waals surface area contributed by atoms with Crippen LogP contribution in [0, 0.1) is 11.7 Å². The molecule has 1 aliphatic carbocycles. The number of phenols is 1. The normalized spacial score (nSPS) is 22.6. The molecule has 1 fully saturated rings. The quantitative estimate of drug-likeness (QED) is 0.892. The molecule has 0 heterocycles. The number of hydrogen-bond acceptors (Lipinski definition) is 3. The highest BCUT2D eigenvalue weighted by atomic mass is 19.1. The van der Waals surface area contributed by atoms with Crippen LogP contribution in [0.25, 0.3) is 0 Å². The van der Waals surface area contributed by atoms with Gasteiger partial charge in [0, 0.05) is 25.8 Å². The molecule has 1 aromatic rings. The molecule has 20 heavy (non-hydrogen) atoms. The fourth-order valence-electron chi connectivity index (χ4n) is 2.76. The van der Waals surface area contributed by atoms with Gasteiger partial charge in [-0.15, -0.1) is 0 Å². The molecule has 110 valence electrons. The maximum Gasteiger partial charge on any atom is 0.257 e. The van der Waals surface area contributed by atoms with Crippen LogP contribution in [0.2, 0.25) is 0 Å². The topological polar surface area (TPSA) is 60.8 Å². The third kappa shape index (κ3) is 3.10. The average Bonchev–Trinajstić information content (AvgIpc) is 2.46. The molecular weight excluding hydrogens is 261 g/mol. The van der Waals surface area contributed by atoms with Gasteiger partial charge in [-0.25, -0.2) is 4.39 Å². The van der Waals surface area contributed by atoms with Gasteiger partial charge in [0.1, 0.15) is 11.6 Å². The number of aliphatic hydroxyl groups excluding tert-OH is 1. The first kappa shape index (κ1) is 14.8. The van der Waals surface area contributed by atoms with E-state index in [0.717, 1.165) is 31.7 Å². The molecule has 2 rings (SSSR count). The molecule has 1 amide bonds. The summed E-state index contributed by atoms with van der Waals surface area (Å²) in [6.07, 6.45) is 3.48. The molecule has 0 aromatic heterocycles. The number of carbonyl (C=O) groups excluding carboxylic acids is 1. The Hall–Kier alpha value is -1.62. The summed E-state index contributed by atoms with van der Waals surface area (Å²) in [7, 11) is 1.70. The molecule has 1 aromatic carbocycles. The van der Waals surface area contributed by atoms with E-state index in [1.54, 1.807) is 11.9 Å². The van der Waals surface area contributed by atoms with Gasteiger partial charge in [0.25, 0.3) is 5.91 Å². The van der Waals surface area contributed by atoms with E-state index in [1.165, 1.54) is 12.1 Å². The van der Waals surface area contributed by atoms with Crippen LogP contribution < -0.4 is 0 Å². The fourth-order valence-corrected chi connectivity index (χ4v) is 2.76. The van der Waals surface area contributed by atoms with Crippen molar-refractivity contribution >= 4 is 5.91 Å². The van der Waals surface area contributed by atoms with Crippen LogP contribution >= 0.6 is 0 Å². The van der Waals surface area contributed by atoms with E-state index in [9.17, 15) is 14.3 Å². The zero-order chi connectivity index (χ0) is 14.7.